The van der Waals surface area contributed by atoms with Crippen molar-refractivity contribution in [1.82, 2.24) is 5.32 Å². The first-order chi connectivity index (χ1) is 12.6. The van der Waals surface area contributed by atoms with Crippen LogP contribution in [0, 0.1) is 11.7 Å². The number of nitrogens with one attached hydrogen (secondary N) is 1. The van der Waals surface area contributed by atoms with Crippen molar-refractivity contribution in [3.8, 4) is 0 Å². The van der Waals surface area contributed by atoms with Gasteiger partial charge in [0, 0.05) is 22.9 Å². The molecule has 1 aromatic carbocycles. The summed E-state index contributed by atoms with van der Waals surface area (Å²) >= 11 is 1.44. The molecule has 6 nitrogen and oxygen atoms in total. The molecule has 2 heterocycles. The van der Waals surface area contributed by atoms with Gasteiger partial charge in [-0.05, 0) is 52.3 Å². The molecule has 1 aromatic rings. The van der Waals surface area contributed by atoms with Gasteiger partial charge in [0.25, 0.3) is 0 Å². The van der Waals surface area contributed by atoms with Crippen molar-refractivity contribution in [2.45, 2.75) is 51.4 Å². The van der Waals surface area contributed by atoms with Crippen LogP contribution in [0.15, 0.2) is 23.2 Å². The highest BCUT2D eigenvalue weighted by Crippen LogP contribution is 2.47. The van der Waals surface area contributed by atoms with Gasteiger partial charge in [-0.25, -0.2) is 14.2 Å². The van der Waals surface area contributed by atoms with E-state index in [1.807, 2.05) is 6.92 Å². The topological polar surface area (TPSA) is 85.9 Å². The predicted molar refractivity (Wildman–Crippen MR) is 105 cm³/mol. The smallest absolute Gasteiger partial charge is 0.413 e. The van der Waals surface area contributed by atoms with Gasteiger partial charge >= 0.3 is 6.09 Å². The molecular formula is C19H26FN3O3S. The third-order valence-electron chi connectivity index (χ3n) is 4.67. The molecule has 148 valence electrons. The van der Waals surface area contributed by atoms with E-state index in [1.54, 1.807) is 26.8 Å². The Labute approximate surface area is 163 Å². The SMILES string of the molecule is C[C@H]1CC2CSC(NC(=O)OC(C)(C)C)=N[C@@]2(c2cc(N)ccc2F)CO1. The van der Waals surface area contributed by atoms with Gasteiger partial charge in [-0.3, -0.25) is 5.32 Å². The fourth-order valence-electron chi connectivity index (χ4n) is 3.46. The van der Waals surface area contributed by atoms with E-state index in [-0.39, 0.29) is 24.4 Å². The summed E-state index contributed by atoms with van der Waals surface area (Å²) in [5.41, 5.74) is 5.25. The summed E-state index contributed by atoms with van der Waals surface area (Å²) in [4.78, 5) is 16.9. The molecule has 8 heteroatoms. The van der Waals surface area contributed by atoms with E-state index in [9.17, 15) is 9.18 Å². The fraction of sp³-hybridized carbons (Fsp3) is 0.579. The van der Waals surface area contributed by atoms with Crippen molar-refractivity contribution < 1.29 is 18.7 Å². The number of ether oxygens (including phenoxy) is 2. The predicted octanol–water partition coefficient (Wildman–Crippen LogP) is 3.66. The number of amides is 1. The first-order valence-corrected chi connectivity index (χ1v) is 9.97. The third-order valence-corrected chi connectivity index (χ3v) is 5.70. The number of fused-ring (bicyclic) bond motifs is 1. The first kappa shape index (κ1) is 19.9. The molecular weight excluding hydrogens is 369 g/mol. The van der Waals surface area contributed by atoms with Crippen LogP contribution in [0.1, 0.15) is 39.7 Å². The molecule has 2 aliphatic heterocycles. The molecule has 3 atom stereocenters. The maximum absolute atomic E-state index is 14.7. The summed E-state index contributed by atoms with van der Waals surface area (Å²) in [5.74, 6) is 0.391. The van der Waals surface area contributed by atoms with E-state index in [1.165, 1.54) is 23.9 Å². The lowest BCUT2D eigenvalue weighted by atomic mass is 9.75. The molecule has 1 saturated heterocycles. The number of alkyl carbamates (subject to hydrolysis) is 1. The number of nitrogens with two attached hydrogens (primary N) is 1. The van der Waals surface area contributed by atoms with Gasteiger partial charge in [0.1, 0.15) is 17.0 Å². The second-order valence-corrected chi connectivity index (χ2v) is 9.08. The van der Waals surface area contributed by atoms with Crippen molar-refractivity contribution in [2.24, 2.45) is 10.9 Å². The first-order valence-electron chi connectivity index (χ1n) is 8.99. The second-order valence-electron chi connectivity index (χ2n) is 8.07. The zero-order valence-electron chi connectivity index (χ0n) is 16.0. The highest BCUT2D eigenvalue weighted by atomic mass is 32.2. The number of aliphatic imine (C=N–C) groups is 1. The summed E-state index contributed by atoms with van der Waals surface area (Å²) in [6.07, 6.45) is 0.244. The fourth-order valence-corrected chi connectivity index (χ4v) is 4.61. The molecule has 1 fully saturated rings. The molecule has 0 radical (unpaired) electrons. The van der Waals surface area contributed by atoms with E-state index in [4.69, 9.17) is 20.2 Å². The van der Waals surface area contributed by atoms with Gasteiger partial charge in [0.05, 0.1) is 12.7 Å². The molecule has 0 saturated carbocycles. The lowest BCUT2D eigenvalue weighted by Gasteiger charge is -2.46. The molecule has 0 aromatic heterocycles. The minimum atomic E-state index is -0.915. The van der Waals surface area contributed by atoms with Gasteiger partial charge in [0.15, 0.2) is 5.17 Å². The molecule has 27 heavy (non-hydrogen) atoms. The highest BCUT2D eigenvalue weighted by Gasteiger charge is 2.49. The summed E-state index contributed by atoms with van der Waals surface area (Å²) in [6, 6.07) is 4.50. The van der Waals surface area contributed by atoms with Crippen molar-refractivity contribution in [3.05, 3.63) is 29.6 Å². The van der Waals surface area contributed by atoms with Crippen molar-refractivity contribution >= 4 is 28.7 Å². The Morgan fingerprint density at radius 1 is 1.48 bits per heavy atom. The van der Waals surface area contributed by atoms with Crippen LogP contribution in [0.4, 0.5) is 14.9 Å². The Kier molecular flexibility index (Phi) is 5.40. The summed E-state index contributed by atoms with van der Waals surface area (Å²) < 4.78 is 25.9. The quantitative estimate of drug-likeness (QED) is 0.709. The Bertz CT molecular complexity index is 765. The van der Waals surface area contributed by atoms with Crippen LogP contribution in [0.5, 0.6) is 0 Å². The van der Waals surface area contributed by atoms with Crippen LogP contribution in [-0.2, 0) is 15.0 Å². The van der Waals surface area contributed by atoms with E-state index in [2.05, 4.69) is 5.32 Å². The highest BCUT2D eigenvalue weighted by molar-refractivity contribution is 8.13. The van der Waals surface area contributed by atoms with Crippen LogP contribution in [0.3, 0.4) is 0 Å². The van der Waals surface area contributed by atoms with Crippen molar-refractivity contribution in [3.63, 3.8) is 0 Å². The average Bonchev–Trinajstić information content (AvgIpc) is 2.55. The molecule has 1 amide bonds. The number of anilines is 1. The number of nitrogen functional groups attached to an aromatic ring is 1. The minimum Gasteiger partial charge on any atom is -0.444 e. The van der Waals surface area contributed by atoms with Gasteiger partial charge in [0.2, 0.25) is 0 Å². The van der Waals surface area contributed by atoms with Crippen molar-refractivity contribution in [1.29, 1.82) is 0 Å². The standard InChI is InChI=1S/C19H26FN3O3S/c1-11-7-12-9-27-16(22-17(24)26-18(2,3)4)23-19(12,10-25-11)14-8-13(21)5-6-15(14)20/h5-6,8,11-12H,7,9-10,21H2,1-4H3,(H,22,23,24)/t11-,12?,19-/m0/s1. The normalized spacial score (nSPS) is 28.1. The van der Waals surface area contributed by atoms with Gasteiger partial charge < -0.3 is 15.2 Å². The number of hydrogen-bond acceptors (Lipinski definition) is 6. The van der Waals surface area contributed by atoms with Crippen molar-refractivity contribution in [2.75, 3.05) is 18.1 Å². The van der Waals surface area contributed by atoms with E-state index < -0.39 is 17.2 Å². The van der Waals surface area contributed by atoms with Crippen LogP contribution in [-0.4, -0.2) is 35.3 Å². The summed E-state index contributed by atoms with van der Waals surface area (Å²) in [5, 5.41) is 3.09. The monoisotopic (exact) mass is 395 g/mol. The largest absolute Gasteiger partial charge is 0.444 e. The Morgan fingerprint density at radius 3 is 2.93 bits per heavy atom. The lowest BCUT2D eigenvalue weighted by molar-refractivity contribution is -0.0477. The number of amidine groups is 1. The molecule has 1 unspecified atom stereocenters. The number of carbonyl (C=O) groups is 1. The molecule has 3 N–H and O–H groups in total. The number of benzene rings is 1. The Hall–Kier alpha value is -1.80. The van der Waals surface area contributed by atoms with Crippen LogP contribution < -0.4 is 11.1 Å². The van der Waals surface area contributed by atoms with Gasteiger partial charge in [-0.15, -0.1) is 0 Å². The molecule has 0 bridgehead atoms. The zero-order chi connectivity index (χ0) is 19.8. The third kappa shape index (κ3) is 4.38. The minimum absolute atomic E-state index is 0.0726. The van der Waals surface area contributed by atoms with Crippen LogP contribution >= 0.6 is 11.8 Å². The number of halogens is 1. The van der Waals surface area contributed by atoms with E-state index in [0.29, 0.717) is 22.2 Å². The van der Waals surface area contributed by atoms with Crippen LogP contribution in [0.2, 0.25) is 0 Å². The Morgan fingerprint density at radius 2 is 2.22 bits per heavy atom. The van der Waals surface area contributed by atoms with E-state index in [0.717, 1.165) is 6.42 Å². The van der Waals surface area contributed by atoms with Gasteiger partial charge in [-0.2, -0.15) is 0 Å². The second kappa shape index (κ2) is 7.31. The van der Waals surface area contributed by atoms with Crippen LogP contribution in [0.25, 0.3) is 0 Å². The Balaban J connectivity index is 1.97. The lowest BCUT2D eigenvalue weighted by Crippen LogP contribution is -2.51. The summed E-state index contributed by atoms with van der Waals surface area (Å²) in [7, 11) is 0. The zero-order valence-corrected chi connectivity index (χ0v) is 16.9. The average molecular weight is 396 g/mol. The number of carbonyl (C=O) groups excluding carboxylic acids is 1. The van der Waals surface area contributed by atoms with Gasteiger partial charge in [-0.1, -0.05) is 11.8 Å². The maximum Gasteiger partial charge on any atom is 0.413 e. The number of nitrogens with zero attached hydrogens (tertiary/aromatic N) is 1. The van der Waals surface area contributed by atoms with E-state index >= 15 is 0 Å². The number of hydrogen-bond donors (Lipinski definition) is 2. The number of rotatable bonds is 1. The molecule has 3 rings (SSSR count). The molecule has 0 aliphatic carbocycles. The molecule has 2 aliphatic rings. The maximum atomic E-state index is 14.7. The number of thioether (sulfide) groups is 1. The summed E-state index contributed by atoms with van der Waals surface area (Å²) in [6.45, 7) is 7.61. The molecule has 0 spiro atoms.